The number of ketones is 1. The number of Topliss-reactive ketones (excluding diaryl/α,β-unsaturated/α-hetero) is 1. The molecular formula is C34H52F3NO3. The van der Waals surface area contributed by atoms with E-state index in [2.05, 4.69) is 39.9 Å². The van der Waals surface area contributed by atoms with E-state index in [0.29, 0.717) is 23.8 Å². The first kappa shape index (κ1) is 31.1. The van der Waals surface area contributed by atoms with Crippen molar-refractivity contribution in [1.29, 1.82) is 0 Å². The number of aliphatic hydroxyl groups is 1. The van der Waals surface area contributed by atoms with Crippen molar-refractivity contribution in [3.05, 3.63) is 11.1 Å². The molecule has 0 heterocycles. The first-order valence-electron chi connectivity index (χ1n) is 16.0. The molecule has 0 aliphatic heterocycles. The van der Waals surface area contributed by atoms with Gasteiger partial charge in [-0.25, -0.2) is 0 Å². The van der Waals surface area contributed by atoms with E-state index >= 15 is 0 Å². The van der Waals surface area contributed by atoms with Crippen LogP contribution in [-0.2, 0) is 9.59 Å². The van der Waals surface area contributed by atoms with Crippen LogP contribution in [0.5, 0.6) is 0 Å². The van der Waals surface area contributed by atoms with E-state index in [1.54, 1.807) is 0 Å². The van der Waals surface area contributed by atoms with Gasteiger partial charge in [-0.05, 0) is 122 Å². The molecule has 0 aromatic heterocycles. The SMILES string of the molecule is CC(C)C1=C2C3CCC4[C@@]5(C)CC[C@H](O)C(C)(C)C5CC[C@@]4(C)[C@]3(C)CC[C@@]2(C(=O)NC(C)(C)C(F)(F)F)CC1=O. The van der Waals surface area contributed by atoms with E-state index < -0.39 is 23.0 Å². The summed E-state index contributed by atoms with van der Waals surface area (Å²) in [5.41, 5.74) is -2.29. The largest absolute Gasteiger partial charge is 0.410 e. The lowest BCUT2D eigenvalue weighted by Crippen LogP contribution is -2.66. The lowest BCUT2D eigenvalue weighted by atomic mass is 9.33. The number of nitrogens with one attached hydrogen (secondary N) is 1. The molecule has 0 bridgehead atoms. The molecule has 0 saturated heterocycles. The average molecular weight is 580 g/mol. The number of hydrogen-bond donors (Lipinski definition) is 2. The highest BCUT2D eigenvalue weighted by Crippen LogP contribution is 2.76. The van der Waals surface area contributed by atoms with Gasteiger partial charge in [0.25, 0.3) is 0 Å². The average Bonchev–Trinajstić information content (AvgIpc) is 3.14. The van der Waals surface area contributed by atoms with Crippen LogP contribution in [0.4, 0.5) is 13.2 Å². The van der Waals surface area contributed by atoms with Crippen molar-refractivity contribution in [3.8, 4) is 0 Å². The van der Waals surface area contributed by atoms with Crippen molar-refractivity contribution in [2.24, 2.45) is 50.7 Å². The number of carbonyl (C=O) groups is 2. The zero-order valence-electron chi connectivity index (χ0n) is 26.6. The zero-order chi connectivity index (χ0) is 30.8. The fourth-order valence-corrected chi connectivity index (χ4v) is 11.4. The molecule has 0 aromatic carbocycles. The number of aliphatic hydroxyl groups excluding tert-OH is 1. The van der Waals surface area contributed by atoms with Crippen molar-refractivity contribution in [1.82, 2.24) is 5.32 Å². The molecular weight excluding hydrogens is 527 g/mol. The van der Waals surface area contributed by atoms with E-state index in [9.17, 15) is 27.9 Å². The Morgan fingerprint density at radius 3 is 2.12 bits per heavy atom. The quantitative estimate of drug-likeness (QED) is 0.359. The van der Waals surface area contributed by atoms with Crippen LogP contribution in [-0.4, -0.2) is 34.6 Å². The van der Waals surface area contributed by atoms with Crippen molar-refractivity contribution >= 4 is 11.7 Å². The summed E-state index contributed by atoms with van der Waals surface area (Å²) in [4.78, 5) is 27.7. The summed E-state index contributed by atoms with van der Waals surface area (Å²) in [7, 11) is 0. The fraction of sp³-hybridized carbons (Fsp3) is 0.882. The Balaban J connectivity index is 1.59. The second-order valence-corrected chi connectivity index (χ2v) is 16.7. The van der Waals surface area contributed by atoms with Crippen molar-refractivity contribution in [2.45, 2.75) is 138 Å². The number of halogens is 3. The third-order valence-corrected chi connectivity index (χ3v) is 14.0. The molecule has 5 rings (SSSR count). The van der Waals surface area contributed by atoms with Crippen molar-refractivity contribution < 1.29 is 27.9 Å². The molecule has 4 fully saturated rings. The van der Waals surface area contributed by atoms with Crippen molar-refractivity contribution in [2.75, 3.05) is 0 Å². The van der Waals surface area contributed by atoms with Gasteiger partial charge in [-0.2, -0.15) is 13.2 Å². The molecule has 4 saturated carbocycles. The minimum absolute atomic E-state index is 0.0107. The molecule has 5 aliphatic carbocycles. The van der Waals surface area contributed by atoms with Crippen LogP contribution >= 0.6 is 0 Å². The predicted octanol–water partition coefficient (Wildman–Crippen LogP) is 7.79. The number of carbonyl (C=O) groups excluding carboxylic acids is 2. The topological polar surface area (TPSA) is 66.4 Å². The molecule has 232 valence electrons. The van der Waals surface area contributed by atoms with E-state index in [-0.39, 0.29) is 51.8 Å². The molecule has 5 aliphatic rings. The number of allylic oxidation sites excluding steroid dienone is 1. The van der Waals surface area contributed by atoms with Gasteiger partial charge in [0, 0.05) is 6.42 Å². The van der Waals surface area contributed by atoms with Crippen LogP contribution in [0.15, 0.2) is 11.1 Å². The highest BCUT2D eigenvalue weighted by molar-refractivity contribution is 6.07. The van der Waals surface area contributed by atoms with Gasteiger partial charge in [-0.3, -0.25) is 9.59 Å². The highest BCUT2D eigenvalue weighted by Gasteiger charge is 2.71. The number of hydrogen-bond acceptors (Lipinski definition) is 3. The van der Waals surface area contributed by atoms with E-state index in [1.807, 2.05) is 13.8 Å². The molecule has 4 nitrogen and oxygen atoms in total. The standard InChI is InChI=1S/C34H52F3NO3/c1-19(2)25-21(39)18-33(27(41)38-29(5,6)34(35,36)37)17-16-31(8)20(26(25)33)10-11-23-30(7)14-13-24(40)28(3,4)22(30)12-15-32(23,31)9/h19-20,22-24,40H,10-18H2,1-9H3,(H,38,41)/t20?,22?,23?,24-,30-,31+,32+,33+/m0/s1. The second-order valence-electron chi connectivity index (χ2n) is 16.7. The van der Waals surface area contributed by atoms with E-state index in [4.69, 9.17) is 0 Å². The van der Waals surface area contributed by atoms with Gasteiger partial charge in [0.1, 0.15) is 5.54 Å². The Labute approximate surface area is 244 Å². The summed E-state index contributed by atoms with van der Waals surface area (Å²) >= 11 is 0. The van der Waals surface area contributed by atoms with Gasteiger partial charge in [0.05, 0.1) is 11.5 Å². The Bertz CT molecular complexity index is 1170. The van der Waals surface area contributed by atoms with Crippen molar-refractivity contribution in [3.63, 3.8) is 0 Å². The molecule has 3 unspecified atom stereocenters. The van der Waals surface area contributed by atoms with E-state index in [1.165, 1.54) is 0 Å². The Morgan fingerprint density at radius 2 is 1.54 bits per heavy atom. The predicted molar refractivity (Wildman–Crippen MR) is 154 cm³/mol. The number of alkyl halides is 3. The lowest BCUT2D eigenvalue weighted by Gasteiger charge is -2.72. The molecule has 1 amide bonds. The summed E-state index contributed by atoms with van der Waals surface area (Å²) < 4.78 is 41.7. The minimum atomic E-state index is -4.60. The van der Waals surface area contributed by atoms with E-state index in [0.717, 1.165) is 64.4 Å². The maximum atomic E-state index is 14.0. The summed E-state index contributed by atoms with van der Waals surface area (Å²) in [5, 5.41) is 13.3. The van der Waals surface area contributed by atoms with Gasteiger partial charge < -0.3 is 10.4 Å². The summed E-state index contributed by atoms with van der Waals surface area (Å²) in [6, 6.07) is 0. The van der Waals surface area contributed by atoms with Crippen LogP contribution in [0, 0.1) is 50.7 Å². The number of fused-ring (bicyclic) bond motifs is 7. The van der Waals surface area contributed by atoms with Crippen LogP contribution in [0.1, 0.15) is 120 Å². The van der Waals surface area contributed by atoms with Gasteiger partial charge in [-0.1, -0.05) is 48.5 Å². The second kappa shape index (κ2) is 9.08. The smallest absolute Gasteiger partial charge is 0.393 e. The summed E-state index contributed by atoms with van der Waals surface area (Å²) in [6.07, 6.45) is 1.91. The van der Waals surface area contributed by atoms with Crippen LogP contribution in [0.2, 0.25) is 0 Å². The minimum Gasteiger partial charge on any atom is -0.393 e. The third kappa shape index (κ3) is 3.94. The highest BCUT2D eigenvalue weighted by atomic mass is 19.4. The molecule has 41 heavy (non-hydrogen) atoms. The number of amides is 1. The summed E-state index contributed by atoms with van der Waals surface area (Å²) in [6.45, 7) is 17.7. The third-order valence-electron chi connectivity index (χ3n) is 14.0. The molecule has 2 N–H and O–H groups in total. The Hall–Kier alpha value is -1.37. The van der Waals surface area contributed by atoms with Gasteiger partial charge in [-0.15, -0.1) is 0 Å². The zero-order valence-corrected chi connectivity index (χ0v) is 26.6. The van der Waals surface area contributed by atoms with Gasteiger partial charge in [0.15, 0.2) is 5.78 Å². The maximum absolute atomic E-state index is 14.0. The maximum Gasteiger partial charge on any atom is 0.410 e. The molecule has 0 spiro atoms. The lowest BCUT2D eigenvalue weighted by molar-refractivity contribution is -0.228. The molecule has 7 heteroatoms. The van der Waals surface area contributed by atoms with Gasteiger partial charge >= 0.3 is 6.18 Å². The van der Waals surface area contributed by atoms with Crippen LogP contribution in [0.3, 0.4) is 0 Å². The fourth-order valence-electron chi connectivity index (χ4n) is 11.4. The first-order chi connectivity index (χ1) is 18.6. The van der Waals surface area contributed by atoms with Crippen LogP contribution < -0.4 is 5.32 Å². The molecule has 8 atom stereocenters. The Morgan fingerprint density at radius 1 is 0.902 bits per heavy atom. The van der Waals surface area contributed by atoms with Crippen LogP contribution in [0.25, 0.3) is 0 Å². The van der Waals surface area contributed by atoms with Gasteiger partial charge in [0.2, 0.25) is 5.91 Å². The Kier molecular flexibility index (Phi) is 6.88. The monoisotopic (exact) mass is 579 g/mol. The molecule has 0 radical (unpaired) electrons. The summed E-state index contributed by atoms with van der Waals surface area (Å²) in [5.74, 6) is 0.0750. The normalized spacial score (nSPS) is 44.2. The molecule has 0 aromatic rings. The first-order valence-corrected chi connectivity index (χ1v) is 16.0. The number of rotatable bonds is 3.